The maximum Gasteiger partial charge on any atom is 0.217 e. The minimum Gasteiger partial charge on any atom is -0.394 e. The van der Waals surface area contributed by atoms with Crippen molar-refractivity contribution in [2.45, 2.75) is 99.6 Å². The van der Waals surface area contributed by atoms with Crippen molar-refractivity contribution in [1.29, 1.82) is 0 Å². The molecule has 12 N–H and O–H groups in total. The molecule has 0 spiro atoms. The summed E-state index contributed by atoms with van der Waals surface area (Å²) in [6, 6.07) is -2.75. The van der Waals surface area contributed by atoms with Gasteiger partial charge in [-0.05, 0) is 0 Å². The second-order valence-corrected chi connectivity index (χ2v) is 9.61. The highest BCUT2D eigenvalue weighted by Crippen LogP contribution is 2.29. The number of rotatable bonds is 13. The van der Waals surface area contributed by atoms with E-state index in [1.165, 1.54) is 0 Å². The Morgan fingerprint density at radius 2 is 1.40 bits per heavy atom. The number of carbonyl (C=O) groups excluding carboxylic acids is 2. The zero-order valence-corrected chi connectivity index (χ0v) is 21.8. The van der Waals surface area contributed by atoms with E-state index in [1.54, 1.807) is 0 Å². The number of aliphatic hydroxyl groups excluding tert-OH is 10. The van der Waals surface area contributed by atoms with Crippen LogP contribution in [-0.2, 0) is 28.5 Å². The van der Waals surface area contributed by atoms with E-state index >= 15 is 0 Å². The Morgan fingerprint density at radius 1 is 0.800 bits per heavy atom. The van der Waals surface area contributed by atoms with Crippen LogP contribution in [0.5, 0.6) is 0 Å². The Balaban J connectivity index is 2.15. The van der Waals surface area contributed by atoms with Crippen LogP contribution in [0.3, 0.4) is 0 Å². The van der Waals surface area contributed by atoms with Gasteiger partial charge in [-0.1, -0.05) is 0 Å². The van der Waals surface area contributed by atoms with Crippen LogP contribution in [0, 0.1) is 0 Å². The molecule has 2 saturated heterocycles. The third-order valence-corrected chi connectivity index (χ3v) is 6.54. The smallest absolute Gasteiger partial charge is 0.217 e. The van der Waals surface area contributed by atoms with E-state index in [9.17, 15) is 60.7 Å². The molecular weight excluding hydrogens is 548 g/mol. The van der Waals surface area contributed by atoms with Crippen molar-refractivity contribution in [3.05, 3.63) is 0 Å². The van der Waals surface area contributed by atoms with Gasteiger partial charge in [-0.3, -0.25) is 9.59 Å². The summed E-state index contributed by atoms with van der Waals surface area (Å²) in [6.45, 7) is -0.884. The van der Waals surface area contributed by atoms with Crippen molar-refractivity contribution in [1.82, 2.24) is 10.6 Å². The van der Waals surface area contributed by atoms with Crippen molar-refractivity contribution in [3.8, 4) is 0 Å². The van der Waals surface area contributed by atoms with Crippen molar-refractivity contribution < 1.29 is 79.6 Å². The van der Waals surface area contributed by atoms with Crippen LogP contribution in [-0.4, -0.2) is 175 Å². The number of hydrogen-bond acceptors (Lipinski definition) is 16. The van der Waals surface area contributed by atoms with Gasteiger partial charge in [0.2, 0.25) is 11.8 Å². The molecule has 18 nitrogen and oxygen atoms in total. The zero-order chi connectivity index (χ0) is 30.3. The van der Waals surface area contributed by atoms with Crippen LogP contribution in [0.25, 0.3) is 0 Å². The summed E-state index contributed by atoms with van der Waals surface area (Å²) in [4.78, 5) is 23.1. The monoisotopic (exact) mass is 588 g/mol. The van der Waals surface area contributed by atoms with Crippen molar-refractivity contribution in [2.24, 2.45) is 0 Å². The molecular formula is C22H40N2O16. The lowest BCUT2D eigenvalue weighted by Crippen LogP contribution is -2.67. The van der Waals surface area contributed by atoms with E-state index in [4.69, 9.17) is 18.9 Å². The Hall–Kier alpha value is -1.62. The molecule has 2 heterocycles. The molecule has 0 aliphatic carbocycles. The maximum atomic E-state index is 11.8. The van der Waals surface area contributed by atoms with Gasteiger partial charge >= 0.3 is 0 Å². The van der Waals surface area contributed by atoms with Gasteiger partial charge in [0.25, 0.3) is 0 Å². The molecule has 0 aromatic carbocycles. The Kier molecular flexibility index (Phi) is 13.5. The van der Waals surface area contributed by atoms with E-state index in [1.807, 2.05) is 0 Å². The van der Waals surface area contributed by atoms with Crippen LogP contribution in [0.4, 0.5) is 0 Å². The number of ether oxygens (including phenoxy) is 4. The molecule has 0 unspecified atom stereocenters. The van der Waals surface area contributed by atoms with Gasteiger partial charge < -0.3 is 80.6 Å². The number of carbonyl (C=O) groups is 2. The lowest BCUT2D eigenvalue weighted by Gasteiger charge is -2.47. The molecule has 2 amide bonds. The Labute approximate surface area is 228 Å². The number of aliphatic hydroxyl groups is 10. The van der Waals surface area contributed by atoms with Crippen LogP contribution in [0.1, 0.15) is 13.8 Å². The highest BCUT2D eigenvalue weighted by molar-refractivity contribution is 5.73. The molecule has 18 heteroatoms. The van der Waals surface area contributed by atoms with Gasteiger partial charge in [-0.2, -0.15) is 0 Å². The van der Waals surface area contributed by atoms with Crippen LogP contribution < -0.4 is 10.6 Å². The quantitative estimate of drug-likeness (QED) is 0.0950. The maximum absolute atomic E-state index is 11.8. The van der Waals surface area contributed by atoms with Gasteiger partial charge in [0, 0.05) is 13.8 Å². The summed E-state index contributed by atoms with van der Waals surface area (Å²) in [5.74, 6) is -1.29. The van der Waals surface area contributed by atoms with Crippen LogP contribution in [0.15, 0.2) is 0 Å². The highest BCUT2D eigenvalue weighted by Gasteiger charge is 2.51. The van der Waals surface area contributed by atoms with Gasteiger partial charge in [-0.15, -0.1) is 0 Å². The van der Waals surface area contributed by atoms with Gasteiger partial charge in [-0.25, -0.2) is 0 Å². The average molecular weight is 589 g/mol. The molecule has 0 aromatic rings. The molecule has 2 aliphatic heterocycles. The molecule has 2 fully saturated rings. The summed E-state index contributed by atoms with van der Waals surface area (Å²) < 4.78 is 21.9. The topological polar surface area (TPSA) is 297 Å². The second kappa shape index (κ2) is 15.6. The third kappa shape index (κ3) is 8.46. The molecule has 40 heavy (non-hydrogen) atoms. The van der Waals surface area contributed by atoms with E-state index in [-0.39, 0.29) is 0 Å². The van der Waals surface area contributed by atoms with Gasteiger partial charge in [0.15, 0.2) is 12.6 Å². The second-order valence-electron chi connectivity index (χ2n) is 9.61. The van der Waals surface area contributed by atoms with Crippen molar-refractivity contribution in [3.63, 3.8) is 0 Å². The third-order valence-electron chi connectivity index (χ3n) is 6.54. The first-order valence-corrected chi connectivity index (χ1v) is 12.5. The molecule has 0 aromatic heterocycles. The van der Waals surface area contributed by atoms with E-state index in [0.717, 1.165) is 13.8 Å². The fraction of sp³-hybridized carbons (Fsp3) is 0.909. The molecule has 0 saturated carbocycles. The largest absolute Gasteiger partial charge is 0.394 e. The zero-order valence-electron chi connectivity index (χ0n) is 21.8. The Bertz CT molecular complexity index is 807. The van der Waals surface area contributed by atoms with E-state index in [0.29, 0.717) is 0 Å². The minimum absolute atomic E-state index is 0.616. The summed E-state index contributed by atoms with van der Waals surface area (Å²) >= 11 is 0. The fourth-order valence-electron chi connectivity index (χ4n) is 4.36. The molecule has 0 radical (unpaired) electrons. The number of nitrogens with one attached hydrogen (secondary N) is 2. The first-order chi connectivity index (χ1) is 18.8. The lowest BCUT2D eigenvalue weighted by atomic mass is 9.95. The van der Waals surface area contributed by atoms with E-state index < -0.39 is 124 Å². The number of hydrogen-bond donors (Lipinski definition) is 12. The molecule has 2 aliphatic rings. The standard InChI is InChI=1S/C22H40N2O16/c1-7(28)23-9(3-25)14(31)15(32)10(30)6-37-21-13(24-8(2)29)17(34)20(12(5-27)39-21)40-22-19(36)18(35)16(33)11(4-26)38-22/h9-22,25-27,30-36H,3-6H2,1-2H3,(H,23,28)(H,24,29)/t9-,10+,11+,12+,13+,14+,15-,16-,17+,18-,19+,20+,21+,22-/m0/s1. The van der Waals surface area contributed by atoms with Crippen molar-refractivity contribution >= 4 is 11.8 Å². The van der Waals surface area contributed by atoms with Gasteiger partial charge in [0.05, 0.1) is 32.5 Å². The first kappa shape index (κ1) is 34.6. The van der Waals surface area contributed by atoms with Crippen LogP contribution >= 0.6 is 0 Å². The van der Waals surface area contributed by atoms with Crippen LogP contribution in [0.2, 0.25) is 0 Å². The van der Waals surface area contributed by atoms with Crippen molar-refractivity contribution in [2.75, 3.05) is 26.4 Å². The summed E-state index contributed by atoms with van der Waals surface area (Å²) in [5, 5.41) is 105. The summed E-state index contributed by atoms with van der Waals surface area (Å²) in [6.07, 6.45) is -20.2. The Morgan fingerprint density at radius 3 is 1.93 bits per heavy atom. The fourth-order valence-corrected chi connectivity index (χ4v) is 4.36. The van der Waals surface area contributed by atoms with Gasteiger partial charge in [0.1, 0.15) is 67.1 Å². The lowest BCUT2D eigenvalue weighted by molar-refractivity contribution is -0.349. The minimum atomic E-state index is -1.94. The summed E-state index contributed by atoms with van der Waals surface area (Å²) in [5.41, 5.74) is 0. The summed E-state index contributed by atoms with van der Waals surface area (Å²) in [7, 11) is 0. The predicted molar refractivity (Wildman–Crippen MR) is 127 cm³/mol. The molecule has 2 rings (SSSR count). The molecule has 234 valence electrons. The molecule has 0 bridgehead atoms. The highest BCUT2D eigenvalue weighted by atomic mass is 16.7. The normalized spacial score (nSPS) is 37.7. The average Bonchev–Trinajstić information content (AvgIpc) is 2.91. The molecule has 14 atom stereocenters. The predicted octanol–water partition coefficient (Wildman–Crippen LogP) is -7.65. The first-order valence-electron chi connectivity index (χ1n) is 12.5. The van der Waals surface area contributed by atoms with E-state index in [2.05, 4.69) is 10.6 Å². The SMILES string of the molecule is CC(=O)N[C@H]1[C@H](OC[C@@H](O)[C@H](O)[C@H](O)[C@H](CO)NC(C)=O)O[C@H](CO)[C@@H](O[C@@H]2O[C@H](CO)[C@H](O)[C@H](O)[C@H]2O)[C@@H]1O. The number of amides is 2.